The number of halogens is 1. The van der Waals surface area contributed by atoms with E-state index in [9.17, 15) is 9.59 Å². The molecule has 34 heavy (non-hydrogen) atoms. The number of thioether (sulfide) groups is 1. The lowest BCUT2D eigenvalue weighted by molar-refractivity contribution is -0.113. The molecule has 1 N–H and O–H groups in total. The summed E-state index contributed by atoms with van der Waals surface area (Å²) in [6.45, 7) is 4.01. The second-order valence-corrected chi connectivity index (χ2v) is 11.5. The van der Waals surface area contributed by atoms with Crippen LogP contribution in [0.3, 0.4) is 0 Å². The first-order chi connectivity index (χ1) is 16.4. The number of aryl methyl sites for hydroxylation is 4. The quantitative estimate of drug-likeness (QED) is 0.228. The Hall–Kier alpha value is -2.42. The number of aromatic nitrogens is 2. The molecule has 1 aliphatic rings. The molecular weight excluding hydrogens is 530 g/mol. The van der Waals surface area contributed by atoms with E-state index in [-0.39, 0.29) is 17.2 Å². The van der Waals surface area contributed by atoms with Gasteiger partial charge in [0.2, 0.25) is 5.91 Å². The van der Waals surface area contributed by atoms with Crippen LogP contribution in [-0.2, 0) is 17.6 Å². The monoisotopic (exact) mass is 553 g/mol. The molecular formula is C26H24BrN3O2S2. The van der Waals surface area contributed by atoms with E-state index in [0.29, 0.717) is 5.16 Å². The van der Waals surface area contributed by atoms with Gasteiger partial charge in [0.1, 0.15) is 4.83 Å². The summed E-state index contributed by atoms with van der Waals surface area (Å²) in [6.07, 6.45) is 4.19. The number of nitrogens with one attached hydrogen (secondary N) is 1. The van der Waals surface area contributed by atoms with Gasteiger partial charge in [-0.1, -0.05) is 45.4 Å². The molecule has 5 nitrogen and oxygen atoms in total. The van der Waals surface area contributed by atoms with Crippen LogP contribution in [-0.4, -0.2) is 21.2 Å². The first-order valence-corrected chi connectivity index (χ1v) is 13.8. The van der Waals surface area contributed by atoms with Crippen LogP contribution in [0.15, 0.2) is 56.9 Å². The maximum Gasteiger partial charge on any atom is 0.267 e. The van der Waals surface area contributed by atoms with Crippen molar-refractivity contribution in [2.24, 2.45) is 0 Å². The number of nitrogens with zero attached hydrogens (tertiary/aromatic N) is 2. The highest BCUT2D eigenvalue weighted by atomic mass is 79.9. The van der Waals surface area contributed by atoms with Crippen LogP contribution in [0.2, 0.25) is 0 Å². The molecule has 0 bridgehead atoms. The second kappa shape index (κ2) is 9.68. The third-order valence-electron chi connectivity index (χ3n) is 6.03. The Morgan fingerprint density at radius 3 is 2.68 bits per heavy atom. The fourth-order valence-electron chi connectivity index (χ4n) is 4.37. The van der Waals surface area contributed by atoms with Crippen molar-refractivity contribution in [1.29, 1.82) is 0 Å². The Labute approximate surface area is 214 Å². The van der Waals surface area contributed by atoms with Crippen molar-refractivity contribution in [3.63, 3.8) is 0 Å². The molecule has 5 rings (SSSR count). The van der Waals surface area contributed by atoms with Gasteiger partial charge in [0.15, 0.2) is 5.16 Å². The predicted molar refractivity (Wildman–Crippen MR) is 145 cm³/mol. The Kier molecular flexibility index (Phi) is 6.64. The van der Waals surface area contributed by atoms with Crippen LogP contribution < -0.4 is 10.9 Å². The normalized spacial score (nSPS) is 13.1. The van der Waals surface area contributed by atoms with Crippen LogP contribution in [0.1, 0.15) is 34.4 Å². The number of carbonyl (C=O) groups excluding carboxylic acids is 1. The standard InChI is InChI=1S/C26H24BrN3O2S2/c1-15-7-12-20(16(2)13-15)28-22(31)14-33-26-29-24-23(19-5-3-4-6-21(19)34-24)25(32)30(26)18-10-8-17(27)9-11-18/h7-13H,3-6,14H2,1-2H3,(H,28,31). The molecule has 0 radical (unpaired) electrons. The number of anilines is 1. The molecule has 0 unspecified atom stereocenters. The van der Waals surface area contributed by atoms with Crippen molar-refractivity contribution < 1.29 is 4.79 Å². The van der Waals surface area contributed by atoms with Crippen LogP contribution >= 0.6 is 39.0 Å². The summed E-state index contributed by atoms with van der Waals surface area (Å²) >= 11 is 6.39. The number of benzene rings is 2. The molecule has 0 saturated carbocycles. The maximum absolute atomic E-state index is 13.8. The Bertz CT molecular complexity index is 1460. The minimum Gasteiger partial charge on any atom is -0.325 e. The van der Waals surface area contributed by atoms with Crippen molar-refractivity contribution in [1.82, 2.24) is 9.55 Å². The number of hydrogen-bond donors (Lipinski definition) is 1. The molecule has 0 saturated heterocycles. The van der Waals surface area contributed by atoms with Gasteiger partial charge in [0.25, 0.3) is 5.56 Å². The lowest BCUT2D eigenvalue weighted by atomic mass is 9.97. The Balaban J connectivity index is 1.51. The van der Waals surface area contributed by atoms with Gasteiger partial charge >= 0.3 is 0 Å². The predicted octanol–water partition coefficient (Wildman–Crippen LogP) is 6.44. The first kappa shape index (κ1) is 23.3. The van der Waals surface area contributed by atoms with E-state index in [4.69, 9.17) is 4.98 Å². The fourth-order valence-corrected chi connectivity index (χ4v) is 6.75. The zero-order valence-corrected chi connectivity index (χ0v) is 22.2. The SMILES string of the molecule is Cc1ccc(NC(=O)CSc2nc3sc4c(c3c(=O)n2-c2ccc(Br)cc2)CCCC4)c(C)c1. The summed E-state index contributed by atoms with van der Waals surface area (Å²) in [5.74, 6) is 0.0338. The minimum absolute atomic E-state index is 0.0518. The highest BCUT2D eigenvalue weighted by molar-refractivity contribution is 9.10. The maximum atomic E-state index is 13.8. The highest BCUT2D eigenvalue weighted by Crippen LogP contribution is 2.35. The van der Waals surface area contributed by atoms with E-state index in [2.05, 4.69) is 21.2 Å². The lowest BCUT2D eigenvalue weighted by Crippen LogP contribution is -2.23. The van der Waals surface area contributed by atoms with Crippen LogP contribution in [0.25, 0.3) is 15.9 Å². The number of fused-ring (bicyclic) bond motifs is 3. The van der Waals surface area contributed by atoms with Crippen molar-refractivity contribution in [3.05, 3.63) is 78.9 Å². The van der Waals surface area contributed by atoms with E-state index in [1.54, 1.807) is 15.9 Å². The van der Waals surface area contributed by atoms with Gasteiger partial charge in [-0.3, -0.25) is 14.2 Å². The largest absolute Gasteiger partial charge is 0.325 e. The number of amides is 1. The number of thiophene rings is 1. The van der Waals surface area contributed by atoms with E-state index in [0.717, 1.165) is 62.9 Å². The molecule has 2 heterocycles. The van der Waals surface area contributed by atoms with E-state index >= 15 is 0 Å². The van der Waals surface area contributed by atoms with Gasteiger partial charge in [0.05, 0.1) is 16.8 Å². The summed E-state index contributed by atoms with van der Waals surface area (Å²) in [5.41, 5.74) is 4.84. The topological polar surface area (TPSA) is 64.0 Å². The highest BCUT2D eigenvalue weighted by Gasteiger charge is 2.23. The molecule has 1 amide bonds. The van der Waals surface area contributed by atoms with Crippen molar-refractivity contribution in [2.45, 2.75) is 44.7 Å². The van der Waals surface area contributed by atoms with Crippen molar-refractivity contribution in [3.8, 4) is 5.69 Å². The summed E-state index contributed by atoms with van der Waals surface area (Å²) in [5, 5.41) is 4.27. The Morgan fingerprint density at radius 1 is 1.15 bits per heavy atom. The third-order valence-corrected chi connectivity index (χ3v) is 8.68. The number of hydrogen-bond acceptors (Lipinski definition) is 5. The lowest BCUT2D eigenvalue weighted by Gasteiger charge is -2.14. The molecule has 8 heteroatoms. The smallest absolute Gasteiger partial charge is 0.267 e. The molecule has 2 aromatic heterocycles. The minimum atomic E-state index is -0.126. The van der Waals surface area contributed by atoms with Crippen molar-refractivity contribution >= 4 is 60.8 Å². The second-order valence-electron chi connectivity index (χ2n) is 8.56. The first-order valence-electron chi connectivity index (χ1n) is 11.2. The van der Waals surface area contributed by atoms with Crippen LogP contribution in [0, 0.1) is 13.8 Å². The van der Waals surface area contributed by atoms with Gasteiger partial charge in [-0.05, 0) is 81.0 Å². The summed E-state index contributed by atoms with van der Waals surface area (Å²) in [7, 11) is 0. The molecule has 1 aliphatic carbocycles. The Morgan fingerprint density at radius 2 is 1.91 bits per heavy atom. The van der Waals surface area contributed by atoms with E-state index in [1.807, 2.05) is 56.3 Å². The van der Waals surface area contributed by atoms with E-state index in [1.165, 1.54) is 22.2 Å². The van der Waals surface area contributed by atoms with Gasteiger partial charge in [-0.25, -0.2) is 4.98 Å². The van der Waals surface area contributed by atoms with Gasteiger partial charge in [0, 0.05) is 15.0 Å². The van der Waals surface area contributed by atoms with Crippen molar-refractivity contribution in [2.75, 3.05) is 11.1 Å². The molecule has 2 aromatic carbocycles. The van der Waals surface area contributed by atoms with Gasteiger partial charge in [-0.15, -0.1) is 11.3 Å². The molecule has 4 aromatic rings. The average molecular weight is 555 g/mol. The average Bonchev–Trinajstić information content (AvgIpc) is 3.19. The molecule has 0 fully saturated rings. The fraction of sp³-hybridized carbons (Fsp3) is 0.269. The zero-order valence-electron chi connectivity index (χ0n) is 19.0. The molecule has 174 valence electrons. The van der Waals surface area contributed by atoms with E-state index < -0.39 is 0 Å². The number of carbonyl (C=O) groups is 1. The molecule has 0 atom stereocenters. The summed E-state index contributed by atoms with van der Waals surface area (Å²) < 4.78 is 2.60. The van der Waals surface area contributed by atoms with Crippen LogP contribution in [0.5, 0.6) is 0 Å². The number of rotatable bonds is 5. The summed E-state index contributed by atoms with van der Waals surface area (Å²) in [4.78, 5) is 33.5. The zero-order chi connectivity index (χ0) is 23.8. The summed E-state index contributed by atoms with van der Waals surface area (Å²) in [6, 6.07) is 13.6. The molecule has 0 spiro atoms. The van der Waals surface area contributed by atoms with Crippen LogP contribution in [0.4, 0.5) is 5.69 Å². The van der Waals surface area contributed by atoms with Gasteiger partial charge < -0.3 is 5.32 Å². The molecule has 0 aliphatic heterocycles. The van der Waals surface area contributed by atoms with Gasteiger partial charge in [-0.2, -0.15) is 0 Å². The third kappa shape index (κ3) is 4.59.